The van der Waals surface area contributed by atoms with Crippen molar-refractivity contribution in [1.29, 1.82) is 0 Å². The first-order valence-electron chi connectivity index (χ1n) is 5.86. The molecule has 1 rings (SSSR count). The van der Waals surface area contributed by atoms with E-state index in [4.69, 9.17) is 0 Å². The number of hydrogen-bond acceptors (Lipinski definition) is 2. The van der Waals surface area contributed by atoms with Gasteiger partial charge in [-0.15, -0.1) is 0 Å². The van der Waals surface area contributed by atoms with Crippen molar-refractivity contribution in [3.63, 3.8) is 0 Å². The Kier molecular flexibility index (Phi) is 3.77. The number of carbonyl (C=O) groups is 1. The standard InChI is InChI=1S/C12H23NO2/c1-9(2)13(4)12(11(14)15)7-5-6-10(3)8-12/h9-10H,5-8H2,1-4H3,(H,14,15). The number of carboxylic acid groups (broad SMARTS) is 1. The molecule has 15 heavy (non-hydrogen) atoms. The van der Waals surface area contributed by atoms with Crippen LogP contribution in [0.15, 0.2) is 0 Å². The minimum atomic E-state index is -0.648. The van der Waals surface area contributed by atoms with E-state index >= 15 is 0 Å². The van der Waals surface area contributed by atoms with Gasteiger partial charge in [0.2, 0.25) is 0 Å². The molecule has 2 unspecified atom stereocenters. The summed E-state index contributed by atoms with van der Waals surface area (Å²) in [7, 11) is 1.94. The zero-order valence-electron chi connectivity index (χ0n) is 10.3. The molecule has 0 saturated heterocycles. The van der Waals surface area contributed by atoms with Gasteiger partial charge in [-0.3, -0.25) is 9.69 Å². The van der Waals surface area contributed by atoms with Crippen LogP contribution in [0.2, 0.25) is 0 Å². The van der Waals surface area contributed by atoms with Crippen molar-refractivity contribution in [3.8, 4) is 0 Å². The summed E-state index contributed by atoms with van der Waals surface area (Å²) in [6.45, 7) is 6.28. The van der Waals surface area contributed by atoms with E-state index < -0.39 is 11.5 Å². The van der Waals surface area contributed by atoms with E-state index in [-0.39, 0.29) is 6.04 Å². The van der Waals surface area contributed by atoms with Crippen LogP contribution in [-0.2, 0) is 4.79 Å². The fraction of sp³-hybridized carbons (Fsp3) is 0.917. The molecule has 1 N–H and O–H groups in total. The molecule has 0 spiro atoms. The van der Waals surface area contributed by atoms with Crippen LogP contribution in [0.1, 0.15) is 46.5 Å². The molecule has 0 aromatic carbocycles. The molecule has 0 aliphatic heterocycles. The molecule has 1 aliphatic rings. The number of hydrogen-bond donors (Lipinski definition) is 1. The lowest BCUT2D eigenvalue weighted by Gasteiger charge is -2.45. The molecule has 1 saturated carbocycles. The van der Waals surface area contributed by atoms with Crippen LogP contribution in [-0.4, -0.2) is 34.6 Å². The summed E-state index contributed by atoms with van der Waals surface area (Å²) in [5.74, 6) is -0.124. The van der Waals surface area contributed by atoms with E-state index in [1.165, 1.54) is 6.42 Å². The fourth-order valence-corrected chi connectivity index (χ4v) is 2.68. The van der Waals surface area contributed by atoms with Crippen LogP contribution in [0.25, 0.3) is 0 Å². The van der Waals surface area contributed by atoms with Crippen LogP contribution >= 0.6 is 0 Å². The summed E-state index contributed by atoms with van der Waals surface area (Å²) >= 11 is 0. The minimum absolute atomic E-state index is 0.284. The van der Waals surface area contributed by atoms with E-state index in [1.54, 1.807) is 0 Å². The van der Waals surface area contributed by atoms with Gasteiger partial charge in [0, 0.05) is 6.04 Å². The van der Waals surface area contributed by atoms with E-state index in [0.717, 1.165) is 19.3 Å². The number of rotatable bonds is 3. The highest BCUT2D eigenvalue weighted by Crippen LogP contribution is 2.37. The van der Waals surface area contributed by atoms with Crippen molar-refractivity contribution in [1.82, 2.24) is 4.90 Å². The summed E-state index contributed by atoms with van der Waals surface area (Å²) in [4.78, 5) is 13.6. The molecule has 88 valence electrons. The van der Waals surface area contributed by atoms with Gasteiger partial charge in [0.1, 0.15) is 5.54 Å². The summed E-state index contributed by atoms with van der Waals surface area (Å²) in [6.07, 6.45) is 3.78. The molecule has 1 aliphatic carbocycles. The zero-order chi connectivity index (χ0) is 11.6. The molecular formula is C12H23NO2. The Hall–Kier alpha value is -0.570. The molecule has 3 nitrogen and oxygen atoms in total. The van der Waals surface area contributed by atoms with Crippen LogP contribution < -0.4 is 0 Å². The van der Waals surface area contributed by atoms with Gasteiger partial charge in [0.05, 0.1) is 0 Å². The van der Waals surface area contributed by atoms with E-state index in [9.17, 15) is 9.90 Å². The molecule has 0 aromatic rings. The van der Waals surface area contributed by atoms with Crippen molar-refractivity contribution in [3.05, 3.63) is 0 Å². The van der Waals surface area contributed by atoms with Crippen LogP contribution in [0.4, 0.5) is 0 Å². The Labute approximate surface area is 92.5 Å². The normalized spacial score (nSPS) is 32.3. The lowest BCUT2D eigenvalue weighted by molar-refractivity contribution is -0.155. The second kappa shape index (κ2) is 4.52. The highest BCUT2D eigenvalue weighted by molar-refractivity contribution is 5.79. The third-order valence-electron chi connectivity index (χ3n) is 3.82. The predicted molar refractivity (Wildman–Crippen MR) is 60.9 cm³/mol. The average Bonchev–Trinajstić information content (AvgIpc) is 2.16. The minimum Gasteiger partial charge on any atom is -0.480 e. The molecule has 0 amide bonds. The molecule has 0 heterocycles. The average molecular weight is 213 g/mol. The number of likely N-dealkylation sites (N-methyl/N-ethyl adjacent to an activating group) is 1. The molecule has 0 bridgehead atoms. The van der Waals surface area contributed by atoms with Gasteiger partial charge < -0.3 is 5.11 Å². The maximum absolute atomic E-state index is 11.5. The third-order valence-corrected chi connectivity index (χ3v) is 3.82. The first-order chi connectivity index (χ1) is 6.90. The Morgan fingerprint density at radius 1 is 1.53 bits per heavy atom. The molecule has 0 aromatic heterocycles. The van der Waals surface area contributed by atoms with Crippen molar-refractivity contribution < 1.29 is 9.90 Å². The highest BCUT2D eigenvalue weighted by Gasteiger charge is 2.45. The van der Waals surface area contributed by atoms with Gasteiger partial charge in [-0.25, -0.2) is 0 Å². The number of carboxylic acids is 1. The van der Waals surface area contributed by atoms with Crippen LogP contribution in [0.3, 0.4) is 0 Å². The van der Waals surface area contributed by atoms with Gasteiger partial charge in [-0.05, 0) is 39.7 Å². The van der Waals surface area contributed by atoms with Crippen LogP contribution in [0.5, 0.6) is 0 Å². The quantitative estimate of drug-likeness (QED) is 0.782. The topological polar surface area (TPSA) is 40.5 Å². The molecule has 1 fully saturated rings. The van der Waals surface area contributed by atoms with E-state index in [0.29, 0.717) is 5.92 Å². The van der Waals surface area contributed by atoms with Crippen molar-refractivity contribution >= 4 is 5.97 Å². The predicted octanol–water partition coefficient (Wildman–Crippen LogP) is 2.36. The Balaban J connectivity index is 2.92. The maximum atomic E-state index is 11.5. The Morgan fingerprint density at radius 2 is 2.13 bits per heavy atom. The van der Waals surface area contributed by atoms with Crippen molar-refractivity contribution in [2.75, 3.05) is 7.05 Å². The summed E-state index contributed by atoms with van der Waals surface area (Å²) in [5, 5.41) is 9.48. The summed E-state index contributed by atoms with van der Waals surface area (Å²) < 4.78 is 0. The van der Waals surface area contributed by atoms with Gasteiger partial charge in [-0.1, -0.05) is 19.8 Å². The van der Waals surface area contributed by atoms with Crippen LogP contribution in [0, 0.1) is 5.92 Å². The Bertz CT molecular complexity index is 240. The largest absolute Gasteiger partial charge is 0.480 e. The molecule has 2 atom stereocenters. The maximum Gasteiger partial charge on any atom is 0.324 e. The van der Waals surface area contributed by atoms with Gasteiger partial charge in [0.15, 0.2) is 0 Å². The second-order valence-electron chi connectivity index (χ2n) is 5.24. The number of nitrogens with zero attached hydrogens (tertiary/aromatic N) is 1. The van der Waals surface area contributed by atoms with E-state index in [1.807, 2.05) is 11.9 Å². The van der Waals surface area contributed by atoms with Gasteiger partial charge in [-0.2, -0.15) is 0 Å². The Morgan fingerprint density at radius 3 is 2.53 bits per heavy atom. The number of aliphatic carboxylic acids is 1. The lowest BCUT2D eigenvalue weighted by Crippen LogP contribution is -2.57. The third kappa shape index (κ3) is 2.33. The summed E-state index contributed by atoms with van der Waals surface area (Å²) in [5.41, 5.74) is -0.619. The first kappa shape index (κ1) is 12.5. The first-order valence-corrected chi connectivity index (χ1v) is 5.86. The monoisotopic (exact) mass is 213 g/mol. The molecule has 3 heteroatoms. The van der Waals surface area contributed by atoms with Gasteiger partial charge in [0.25, 0.3) is 0 Å². The zero-order valence-corrected chi connectivity index (χ0v) is 10.3. The lowest BCUT2D eigenvalue weighted by atomic mass is 9.75. The summed E-state index contributed by atoms with van der Waals surface area (Å²) in [6, 6.07) is 0.284. The van der Waals surface area contributed by atoms with Crippen molar-refractivity contribution in [2.24, 2.45) is 5.92 Å². The SMILES string of the molecule is CC1CCCC(C(=O)O)(N(C)C(C)C)C1. The van der Waals surface area contributed by atoms with E-state index in [2.05, 4.69) is 20.8 Å². The van der Waals surface area contributed by atoms with Gasteiger partial charge >= 0.3 is 5.97 Å². The fourth-order valence-electron chi connectivity index (χ4n) is 2.68. The highest BCUT2D eigenvalue weighted by atomic mass is 16.4. The smallest absolute Gasteiger partial charge is 0.324 e. The molecule has 0 radical (unpaired) electrons. The second-order valence-corrected chi connectivity index (χ2v) is 5.24. The van der Waals surface area contributed by atoms with Crippen molar-refractivity contribution in [2.45, 2.75) is 58.0 Å². The molecular weight excluding hydrogens is 190 g/mol.